The van der Waals surface area contributed by atoms with Crippen LogP contribution in [0.4, 0.5) is 0 Å². The van der Waals surface area contributed by atoms with Gasteiger partial charge in [-0.2, -0.15) is 0 Å². The first-order chi connectivity index (χ1) is 9.06. The minimum Gasteiger partial charge on any atom is -0.229 e. The van der Waals surface area contributed by atoms with E-state index in [1.165, 1.54) is 6.26 Å². The van der Waals surface area contributed by atoms with Gasteiger partial charge in [-0.3, -0.25) is 0 Å². The first kappa shape index (κ1) is 13.8. The first-order valence-electron chi connectivity index (χ1n) is 6.34. The fourth-order valence-electron chi connectivity index (χ4n) is 2.23. The van der Waals surface area contributed by atoms with E-state index < -0.39 is 9.84 Å². The molecule has 100 valence electrons. The Balaban J connectivity index is 2.29. The Morgan fingerprint density at radius 3 is 1.63 bits per heavy atom. The number of hydrogen-bond acceptors (Lipinski definition) is 2. The van der Waals surface area contributed by atoms with E-state index in [-0.39, 0.29) is 11.7 Å². The standard InChI is InChI=1S/C16H18O2S/c1-19(17,18)13-12-16(14-8-4-2-5-9-14)15-10-6-3-7-11-15/h2-11,16H,12-13H2,1H3. The molecule has 19 heavy (non-hydrogen) atoms. The lowest BCUT2D eigenvalue weighted by molar-refractivity contribution is 0.596. The van der Waals surface area contributed by atoms with Crippen LogP contribution in [0.15, 0.2) is 60.7 Å². The minimum atomic E-state index is -2.94. The fraction of sp³-hybridized carbons (Fsp3) is 0.250. The first-order valence-corrected chi connectivity index (χ1v) is 8.40. The minimum absolute atomic E-state index is 0.136. The van der Waals surface area contributed by atoms with Crippen molar-refractivity contribution in [3.05, 3.63) is 71.8 Å². The van der Waals surface area contributed by atoms with Crippen molar-refractivity contribution >= 4 is 9.84 Å². The highest BCUT2D eigenvalue weighted by Gasteiger charge is 2.16. The molecule has 0 aliphatic carbocycles. The van der Waals surface area contributed by atoms with Crippen LogP contribution in [0.5, 0.6) is 0 Å². The molecule has 3 heteroatoms. The van der Waals surface area contributed by atoms with E-state index in [2.05, 4.69) is 24.3 Å². The molecular weight excluding hydrogens is 256 g/mol. The molecule has 0 aliphatic heterocycles. The highest BCUT2D eigenvalue weighted by Crippen LogP contribution is 2.28. The summed E-state index contributed by atoms with van der Waals surface area (Å²) in [6, 6.07) is 20.1. The summed E-state index contributed by atoms with van der Waals surface area (Å²) in [7, 11) is -2.94. The highest BCUT2D eigenvalue weighted by molar-refractivity contribution is 7.90. The summed E-state index contributed by atoms with van der Waals surface area (Å²) in [5, 5.41) is 0. The van der Waals surface area contributed by atoms with Gasteiger partial charge in [-0.25, -0.2) is 8.42 Å². The van der Waals surface area contributed by atoms with Gasteiger partial charge in [0.05, 0.1) is 5.75 Å². The summed E-state index contributed by atoms with van der Waals surface area (Å²) in [5.41, 5.74) is 2.33. The molecule has 0 N–H and O–H groups in total. The van der Waals surface area contributed by atoms with Crippen LogP contribution < -0.4 is 0 Å². The van der Waals surface area contributed by atoms with Gasteiger partial charge in [-0.05, 0) is 17.5 Å². The van der Waals surface area contributed by atoms with Crippen molar-refractivity contribution < 1.29 is 8.42 Å². The summed E-state index contributed by atoms with van der Waals surface area (Å²) < 4.78 is 22.8. The van der Waals surface area contributed by atoms with Gasteiger partial charge >= 0.3 is 0 Å². The van der Waals surface area contributed by atoms with E-state index in [4.69, 9.17) is 0 Å². The van der Waals surface area contributed by atoms with Crippen LogP contribution in [0.3, 0.4) is 0 Å². The van der Waals surface area contributed by atoms with E-state index in [9.17, 15) is 8.42 Å². The Bertz CT molecular complexity index is 564. The molecule has 2 aromatic carbocycles. The smallest absolute Gasteiger partial charge is 0.147 e. The van der Waals surface area contributed by atoms with Gasteiger partial charge in [0.15, 0.2) is 0 Å². The lowest BCUT2D eigenvalue weighted by atomic mass is 9.89. The SMILES string of the molecule is CS(=O)(=O)CCC(c1ccccc1)c1ccccc1. The molecule has 0 unspecified atom stereocenters. The summed E-state index contributed by atoms with van der Waals surface area (Å²) in [5.74, 6) is 0.346. The Morgan fingerprint density at radius 2 is 1.26 bits per heavy atom. The Morgan fingerprint density at radius 1 is 0.842 bits per heavy atom. The molecule has 0 bridgehead atoms. The van der Waals surface area contributed by atoms with Crippen LogP contribution in [0, 0.1) is 0 Å². The van der Waals surface area contributed by atoms with Crippen molar-refractivity contribution in [1.29, 1.82) is 0 Å². The molecule has 0 aromatic heterocycles. The average molecular weight is 274 g/mol. The zero-order valence-corrected chi connectivity index (χ0v) is 11.8. The van der Waals surface area contributed by atoms with E-state index in [1.807, 2.05) is 36.4 Å². The lowest BCUT2D eigenvalue weighted by Gasteiger charge is -2.17. The van der Waals surface area contributed by atoms with Crippen molar-refractivity contribution in [2.75, 3.05) is 12.0 Å². The third kappa shape index (κ3) is 4.21. The van der Waals surface area contributed by atoms with Crippen LogP contribution in [0.2, 0.25) is 0 Å². The monoisotopic (exact) mass is 274 g/mol. The predicted octanol–water partition coefficient (Wildman–Crippen LogP) is 3.25. The highest BCUT2D eigenvalue weighted by atomic mass is 32.2. The summed E-state index contributed by atoms with van der Waals surface area (Å²) in [6.07, 6.45) is 1.91. The average Bonchev–Trinajstić information content (AvgIpc) is 2.40. The van der Waals surface area contributed by atoms with E-state index >= 15 is 0 Å². The van der Waals surface area contributed by atoms with E-state index in [0.717, 1.165) is 11.1 Å². The van der Waals surface area contributed by atoms with Gasteiger partial charge in [0.2, 0.25) is 0 Å². The zero-order chi connectivity index (χ0) is 13.7. The van der Waals surface area contributed by atoms with Gasteiger partial charge < -0.3 is 0 Å². The van der Waals surface area contributed by atoms with Crippen LogP contribution >= 0.6 is 0 Å². The maximum Gasteiger partial charge on any atom is 0.147 e. The second-order valence-electron chi connectivity index (χ2n) is 4.79. The van der Waals surface area contributed by atoms with Crippen LogP contribution in [-0.4, -0.2) is 20.4 Å². The molecule has 0 saturated carbocycles. The number of rotatable bonds is 5. The van der Waals surface area contributed by atoms with Gasteiger partial charge in [0.25, 0.3) is 0 Å². The summed E-state index contributed by atoms with van der Waals surface area (Å²) in [4.78, 5) is 0. The van der Waals surface area contributed by atoms with Crippen molar-refractivity contribution in [2.45, 2.75) is 12.3 Å². The third-order valence-corrected chi connectivity index (χ3v) is 4.16. The van der Waals surface area contributed by atoms with Crippen LogP contribution in [0.25, 0.3) is 0 Å². The van der Waals surface area contributed by atoms with Crippen molar-refractivity contribution in [2.24, 2.45) is 0 Å². The Kier molecular flexibility index (Phi) is 4.38. The van der Waals surface area contributed by atoms with Crippen LogP contribution in [-0.2, 0) is 9.84 Å². The Labute approximate surface area is 115 Å². The predicted molar refractivity (Wildman–Crippen MR) is 79.1 cm³/mol. The summed E-state index contributed by atoms with van der Waals surface area (Å²) >= 11 is 0. The van der Waals surface area contributed by atoms with Crippen molar-refractivity contribution in [1.82, 2.24) is 0 Å². The normalized spacial score (nSPS) is 11.7. The van der Waals surface area contributed by atoms with Crippen molar-refractivity contribution in [3.8, 4) is 0 Å². The van der Waals surface area contributed by atoms with Gasteiger partial charge in [0, 0.05) is 12.2 Å². The third-order valence-electron chi connectivity index (χ3n) is 3.18. The van der Waals surface area contributed by atoms with Gasteiger partial charge in [0.1, 0.15) is 9.84 Å². The van der Waals surface area contributed by atoms with Gasteiger partial charge in [-0.15, -0.1) is 0 Å². The second kappa shape index (κ2) is 6.02. The maximum absolute atomic E-state index is 11.4. The largest absolute Gasteiger partial charge is 0.229 e. The molecule has 0 amide bonds. The molecule has 0 radical (unpaired) electrons. The zero-order valence-electron chi connectivity index (χ0n) is 11.0. The second-order valence-corrected chi connectivity index (χ2v) is 7.05. The van der Waals surface area contributed by atoms with Crippen molar-refractivity contribution in [3.63, 3.8) is 0 Å². The molecule has 0 atom stereocenters. The Hall–Kier alpha value is -1.61. The fourth-order valence-corrected chi connectivity index (χ4v) is 2.89. The molecule has 0 heterocycles. The molecule has 2 rings (SSSR count). The number of hydrogen-bond donors (Lipinski definition) is 0. The maximum atomic E-state index is 11.4. The molecule has 0 fully saturated rings. The molecule has 2 nitrogen and oxygen atoms in total. The molecule has 0 spiro atoms. The van der Waals surface area contributed by atoms with Gasteiger partial charge in [-0.1, -0.05) is 60.7 Å². The lowest BCUT2D eigenvalue weighted by Crippen LogP contribution is -2.10. The van der Waals surface area contributed by atoms with E-state index in [0.29, 0.717) is 6.42 Å². The number of benzene rings is 2. The topological polar surface area (TPSA) is 34.1 Å². The molecular formula is C16H18O2S. The van der Waals surface area contributed by atoms with E-state index in [1.54, 1.807) is 0 Å². The quantitative estimate of drug-likeness (QED) is 0.838. The summed E-state index contributed by atoms with van der Waals surface area (Å²) in [6.45, 7) is 0. The van der Waals surface area contributed by atoms with Crippen LogP contribution in [0.1, 0.15) is 23.5 Å². The molecule has 2 aromatic rings. The number of sulfone groups is 1. The molecule has 0 saturated heterocycles. The molecule has 0 aliphatic rings.